The second-order valence-electron chi connectivity index (χ2n) is 7.20. The van der Waals surface area contributed by atoms with E-state index in [4.69, 9.17) is 4.74 Å². The number of nitrogens with one attached hydrogen (secondary N) is 1. The Balaban J connectivity index is 1.30. The number of amides is 1. The predicted molar refractivity (Wildman–Crippen MR) is 128 cm³/mol. The molecule has 0 saturated heterocycles. The average Bonchev–Trinajstić information content (AvgIpc) is 2.80. The topological polar surface area (TPSA) is 38.3 Å². The van der Waals surface area contributed by atoms with E-state index in [9.17, 15) is 4.79 Å². The van der Waals surface area contributed by atoms with Gasteiger partial charge in [0.05, 0.1) is 0 Å². The van der Waals surface area contributed by atoms with Crippen LogP contribution in [0.3, 0.4) is 0 Å². The number of thioether (sulfide) groups is 1. The van der Waals surface area contributed by atoms with Gasteiger partial charge >= 0.3 is 0 Å². The molecular formula is C27H23NO2S. The molecule has 0 bridgehead atoms. The standard InChI is InChI=1S/C27H23NO2S/c1-20-6-5-7-23(18-20)28-27(29)22-12-10-21(11-13-22)19-31-26-16-14-25(15-17-26)30-24-8-3-2-4-9-24/h2-18H,19H2,1H3,(H,28,29). The number of para-hydroxylation sites is 1. The fourth-order valence-corrected chi connectivity index (χ4v) is 3.93. The summed E-state index contributed by atoms with van der Waals surface area (Å²) >= 11 is 1.75. The molecule has 0 radical (unpaired) electrons. The Hall–Kier alpha value is -3.50. The second kappa shape index (κ2) is 10.0. The molecule has 0 aliphatic heterocycles. The van der Waals surface area contributed by atoms with E-state index >= 15 is 0 Å². The van der Waals surface area contributed by atoms with Gasteiger partial charge in [-0.15, -0.1) is 11.8 Å². The summed E-state index contributed by atoms with van der Waals surface area (Å²) in [7, 11) is 0. The number of hydrogen-bond donors (Lipinski definition) is 1. The van der Waals surface area contributed by atoms with Crippen LogP contribution in [0, 0.1) is 6.92 Å². The summed E-state index contributed by atoms with van der Waals surface area (Å²) in [4.78, 5) is 13.6. The van der Waals surface area contributed by atoms with E-state index in [0.29, 0.717) is 5.56 Å². The van der Waals surface area contributed by atoms with Crippen molar-refractivity contribution in [3.8, 4) is 11.5 Å². The molecule has 0 aliphatic rings. The molecule has 1 amide bonds. The summed E-state index contributed by atoms with van der Waals surface area (Å²) in [6.07, 6.45) is 0. The van der Waals surface area contributed by atoms with E-state index in [1.54, 1.807) is 11.8 Å². The Kier molecular flexibility index (Phi) is 6.70. The lowest BCUT2D eigenvalue weighted by atomic mass is 10.1. The van der Waals surface area contributed by atoms with Gasteiger partial charge in [0.15, 0.2) is 0 Å². The molecule has 0 atom stereocenters. The number of ether oxygens (including phenoxy) is 1. The number of carbonyl (C=O) groups is 1. The van der Waals surface area contributed by atoms with Gasteiger partial charge in [-0.25, -0.2) is 0 Å². The third-order valence-corrected chi connectivity index (χ3v) is 5.78. The summed E-state index contributed by atoms with van der Waals surface area (Å²) in [5.41, 5.74) is 3.74. The van der Waals surface area contributed by atoms with Gasteiger partial charge in [-0.3, -0.25) is 4.79 Å². The highest BCUT2D eigenvalue weighted by Crippen LogP contribution is 2.27. The number of rotatable bonds is 7. The van der Waals surface area contributed by atoms with Gasteiger partial charge in [-0.1, -0.05) is 42.5 Å². The van der Waals surface area contributed by atoms with Gasteiger partial charge in [0.25, 0.3) is 5.91 Å². The minimum Gasteiger partial charge on any atom is -0.457 e. The number of aryl methyl sites for hydroxylation is 1. The zero-order valence-corrected chi connectivity index (χ0v) is 18.1. The minimum absolute atomic E-state index is 0.0983. The van der Waals surface area contributed by atoms with Crippen molar-refractivity contribution in [3.05, 3.63) is 120 Å². The Morgan fingerprint density at radius 1 is 0.806 bits per heavy atom. The molecule has 0 heterocycles. The van der Waals surface area contributed by atoms with Crippen molar-refractivity contribution in [2.75, 3.05) is 5.32 Å². The van der Waals surface area contributed by atoms with Crippen molar-refractivity contribution in [1.29, 1.82) is 0 Å². The number of carbonyl (C=O) groups excluding carboxylic acids is 1. The van der Waals surface area contributed by atoms with Gasteiger partial charge in [0.2, 0.25) is 0 Å². The first-order chi connectivity index (χ1) is 15.2. The predicted octanol–water partition coefficient (Wildman–Crippen LogP) is 7.33. The van der Waals surface area contributed by atoms with Crippen LogP contribution in [-0.4, -0.2) is 5.91 Å². The van der Waals surface area contributed by atoms with Crippen LogP contribution in [0.4, 0.5) is 5.69 Å². The fourth-order valence-electron chi connectivity index (χ4n) is 3.07. The molecule has 0 aliphatic carbocycles. The van der Waals surface area contributed by atoms with Gasteiger partial charge in [0, 0.05) is 21.9 Å². The smallest absolute Gasteiger partial charge is 0.255 e. The van der Waals surface area contributed by atoms with E-state index in [0.717, 1.165) is 28.5 Å². The van der Waals surface area contributed by atoms with Crippen molar-refractivity contribution in [1.82, 2.24) is 0 Å². The van der Waals surface area contributed by atoms with Crippen LogP contribution >= 0.6 is 11.8 Å². The lowest BCUT2D eigenvalue weighted by molar-refractivity contribution is 0.102. The SMILES string of the molecule is Cc1cccc(NC(=O)c2ccc(CSc3ccc(Oc4ccccc4)cc3)cc2)c1. The van der Waals surface area contributed by atoms with Gasteiger partial charge in [0.1, 0.15) is 11.5 Å². The van der Waals surface area contributed by atoms with E-state index in [2.05, 4.69) is 17.4 Å². The molecule has 154 valence electrons. The van der Waals surface area contributed by atoms with Crippen LogP contribution in [0.1, 0.15) is 21.5 Å². The zero-order chi connectivity index (χ0) is 21.5. The molecule has 0 unspecified atom stereocenters. The molecule has 4 rings (SSSR count). The van der Waals surface area contributed by atoms with E-state index in [-0.39, 0.29) is 5.91 Å². The lowest BCUT2D eigenvalue weighted by Gasteiger charge is -2.08. The number of hydrogen-bond acceptors (Lipinski definition) is 3. The molecule has 3 nitrogen and oxygen atoms in total. The second-order valence-corrected chi connectivity index (χ2v) is 8.24. The molecule has 4 aromatic carbocycles. The van der Waals surface area contributed by atoms with Crippen LogP contribution in [0.25, 0.3) is 0 Å². The quantitative estimate of drug-likeness (QED) is 0.315. The highest BCUT2D eigenvalue weighted by atomic mass is 32.2. The van der Waals surface area contributed by atoms with Gasteiger partial charge < -0.3 is 10.1 Å². The summed E-state index contributed by atoms with van der Waals surface area (Å²) in [5.74, 6) is 2.38. The molecular weight excluding hydrogens is 402 g/mol. The van der Waals surface area contributed by atoms with E-state index in [1.165, 1.54) is 10.5 Å². The largest absolute Gasteiger partial charge is 0.457 e. The number of benzene rings is 4. The molecule has 4 heteroatoms. The van der Waals surface area contributed by atoms with Crippen LogP contribution in [-0.2, 0) is 5.75 Å². The Bertz CT molecular complexity index is 1140. The summed E-state index contributed by atoms with van der Waals surface area (Å²) < 4.78 is 5.83. The monoisotopic (exact) mass is 425 g/mol. The molecule has 0 spiro atoms. The highest BCUT2D eigenvalue weighted by Gasteiger charge is 2.07. The Morgan fingerprint density at radius 2 is 1.52 bits per heavy atom. The summed E-state index contributed by atoms with van der Waals surface area (Å²) in [6, 6.07) is 33.4. The van der Waals surface area contributed by atoms with Crippen molar-refractivity contribution in [2.45, 2.75) is 17.6 Å². The number of anilines is 1. The van der Waals surface area contributed by atoms with Gasteiger partial charge in [-0.2, -0.15) is 0 Å². The van der Waals surface area contributed by atoms with Crippen molar-refractivity contribution in [2.24, 2.45) is 0 Å². The maximum Gasteiger partial charge on any atom is 0.255 e. The van der Waals surface area contributed by atoms with Crippen LogP contribution in [0.2, 0.25) is 0 Å². The average molecular weight is 426 g/mol. The summed E-state index contributed by atoms with van der Waals surface area (Å²) in [6.45, 7) is 2.01. The first-order valence-electron chi connectivity index (χ1n) is 10.1. The van der Waals surface area contributed by atoms with Crippen LogP contribution < -0.4 is 10.1 Å². The van der Waals surface area contributed by atoms with Crippen molar-refractivity contribution >= 4 is 23.4 Å². The molecule has 0 aromatic heterocycles. The first-order valence-corrected chi connectivity index (χ1v) is 11.1. The summed E-state index contributed by atoms with van der Waals surface area (Å²) in [5, 5.41) is 2.94. The third kappa shape index (κ3) is 6.00. The molecule has 0 saturated carbocycles. The van der Waals surface area contributed by atoms with Crippen LogP contribution in [0.15, 0.2) is 108 Å². The van der Waals surface area contributed by atoms with E-state index < -0.39 is 0 Å². The molecule has 31 heavy (non-hydrogen) atoms. The normalized spacial score (nSPS) is 10.5. The fraction of sp³-hybridized carbons (Fsp3) is 0.0741. The molecule has 4 aromatic rings. The van der Waals surface area contributed by atoms with Crippen molar-refractivity contribution in [3.63, 3.8) is 0 Å². The van der Waals surface area contributed by atoms with Gasteiger partial charge in [-0.05, 0) is 78.7 Å². The van der Waals surface area contributed by atoms with E-state index in [1.807, 2.05) is 97.9 Å². The zero-order valence-electron chi connectivity index (χ0n) is 17.2. The first kappa shape index (κ1) is 20.8. The van der Waals surface area contributed by atoms with Crippen molar-refractivity contribution < 1.29 is 9.53 Å². The molecule has 0 fully saturated rings. The Morgan fingerprint density at radius 3 is 2.23 bits per heavy atom. The highest BCUT2D eigenvalue weighted by molar-refractivity contribution is 7.98. The third-order valence-electron chi connectivity index (χ3n) is 4.70. The Labute approximate surface area is 187 Å². The lowest BCUT2D eigenvalue weighted by Crippen LogP contribution is -2.11. The van der Waals surface area contributed by atoms with Crippen LogP contribution in [0.5, 0.6) is 11.5 Å². The minimum atomic E-state index is -0.0983. The maximum absolute atomic E-state index is 12.5. The maximum atomic E-state index is 12.5. The molecule has 1 N–H and O–H groups in total.